The van der Waals surface area contributed by atoms with E-state index >= 15 is 0 Å². The minimum atomic E-state index is -1.64. The van der Waals surface area contributed by atoms with E-state index in [1.54, 1.807) is 43.4 Å². The van der Waals surface area contributed by atoms with Crippen molar-refractivity contribution in [3.63, 3.8) is 0 Å². The van der Waals surface area contributed by atoms with E-state index in [2.05, 4.69) is 0 Å². The summed E-state index contributed by atoms with van der Waals surface area (Å²) in [5.74, 6) is -2.93. The van der Waals surface area contributed by atoms with Crippen molar-refractivity contribution in [3.05, 3.63) is 71.6 Å². The van der Waals surface area contributed by atoms with Crippen LogP contribution in [0.4, 0.5) is 10.1 Å². The molecule has 1 spiro atoms. The van der Waals surface area contributed by atoms with Gasteiger partial charge >= 0.3 is 5.97 Å². The van der Waals surface area contributed by atoms with Crippen molar-refractivity contribution in [3.8, 4) is 0 Å². The molecular weight excluding hydrogens is 361 g/mol. The molecule has 0 unspecified atom stereocenters. The third-order valence-corrected chi connectivity index (χ3v) is 5.67. The van der Waals surface area contributed by atoms with Gasteiger partial charge in [0, 0.05) is 18.3 Å². The number of anilines is 1. The van der Waals surface area contributed by atoms with E-state index in [1.165, 1.54) is 30.2 Å². The molecule has 1 heterocycles. The zero-order valence-electron chi connectivity index (χ0n) is 15.4. The normalized spacial score (nSPS) is 23.6. The summed E-state index contributed by atoms with van der Waals surface area (Å²) in [5.41, 5.74) is 0.684. The number of benzene rings is 2. The van der Waals surface area contributed by atoms with Crippen LogP contribution in [0.2, 0.25) is 0 Å². The fourth-order valence-corrected chi connectivity index (χ4v) is 4.31. The zero-order chi connectivity index (χ0) is 20.1. The quantitative estimate of drug-likeness (QED) is 0.595. The van der Waals surface area contributed by atoms with E-state index in [9.17, 15) is 18.8 Å². The number of para-hydroxylation sites is 1. The topological polar surface area (TPSA) is 63.7 Å². The van der Waals surface area contributed by atoms with Crippen LogP contribution >= 0.6 is 0 Å². The first kappa shape index (κ1) is 18.1. The van der Waals surface area contributed by atoms with Crippen molar-refractivity contribution in [2.75, 3.05) is 19.1 Å². The Morgan fingerprint density at radius 3 is 2.50 bits per heavy atom. The van der Waals surface area contributed by atoms with E-state index in [0.29, 0.717) is 22.4 Å². The van der Waals surface area contributed by atoms with Gasteiger partial charge in [0.05, 0.1) is 13.0 Å². The lowest BCUT2D eigenvalue weighted by molar-refractivity contribution is -0.154. The summed E-state index contributed by atoms with van der Waals surface area (Å²) >= 11 is 0. The Hall–Kier alpha value is -3.28. The molecule has 1 aliphatic carbocycles. The van der Waals surface area contributed by atoms with Gasteiger partial charge < -0.3 is 9.64 Å². The number of nitrogens with zero attached hydrogens (tertiary/aromatic N) is 1. The molecule has 2 aliphatic rings. The number of likely N-dealkylation sites (N-methyl/N-ethyl adjacent to an activating group) is 1. The second kappa shape index (κ2) is 6.41. The van der Waals surface area contributed by atoms with Crippen LogP contribution in [-0.4, -0.2) is 31.8 Å². The first-order valence-electron chi connectivity index (χ1n) is 8.87. The van der Waals surface area contributed by atoms with Gasteiger partial charge in [-0.1, -0.05) is 30.3 Å². The maximum Gasteiger partial charge on any atom is 0.310 e. The molecule has 0 saturated heterocycles. The SMILES string of the molecule is COC(=O)[C@@H]1CC(c2ccc(F)cc2)=CC(=O)[C@@]12C(=O)N(C)c1ccccc12. The van der Waals surface area contributed by atoms with Crippen LogP contribution < -0.4 is 4.90 Å². The van der Waals surface area contributed by atoms with Crippen molar-refractivity contribution >= 4 is 28.9 Å². The van der Waals surface area contributed by atoms with E-state index < -0.39 is 34.8 Å². The average molecular weight is 379 g/mol. The van der Waals surface area contributed by atoms with Crippen molar-refractivity contribution in [2.24, 2.45) is 5.92 Å². The molecular formula is C22H18FNO4. The summed E-state index contributed by atoms with van der Waals surface area (Å²) in [5, 5.41) is 0. The average Bonchev–Trinajstić information content (AvgIpc) is 2.93. The van der Waals surface area contributed by atoms with Gasteiger partial charge in [-0.3, -0.25) is 14.4 Å². The molecule has 1 aliphatic heterocycles. The van der Waals surface area contributed by atoms with Gasteiger partial charge in [-0.15, -0.1) is 0 Å². The van der Waals surface area contributed by atoms with Crippen molar-refractivity contribution in [2.45, 2.75) is 11.8 Å². The summed E-state index contributed by atoms with van der Waals surface area (Å²) in [7, 11) is 2.84. The lowest BCUT2D eigenvalue weighted by Crippen LogP contribution is -2.54. The number of carbonyl (C=O) groups excluding carboxylic acids is 3. The van der Waals surface area contributed by atoms with Crippen LogP contribution in [-0.2, 0) is 24.5 Å². The third-order valence-electron chi connectivity index (χ3n) is 5.67. The van der Waals surface area contributed by atoms with Gasteiger partial charge in [-0.2, -0.15) is 0 Å². The minimum Gasteiger partial charge on any atom is -0.469 e. The maximum atomic E-state index is 13.4. The molecule has 0 saturated carbocycles. The molecule has 2 aromatic carbocycles. The standard InChI is InChI=1S/C22H18FNO4/c1-24-18-6-4-3-5-16(18)22(21(24)27)17(20(26)28-2)11-14(12-19(22)25)13-7-9-15(23)10-8-13/h3-10,12,17H,11H2,1-2H3/t17-,22-/m0/s1. The molecule has 28 heavy (non-hydrogen) atoms. The number of methoxy groups -OCH3 is 1. The Balaban J connectivity index is 1.92. The van der Waals surface area contributed by atoms with Crippen LogP contribution in [0.25, 0.3) is 5.57 Å². The molecule has 1 amide bonds. The number of carbonyl (C=O) groups is 3. The third kappa shape index (κ3) is 2.34. The molecule has 2 atom stereocenters. The van der Waals surface area contributed by atoms with Crippen molar-refractivity contribution < 1.29 is 23.5 Å². The van der Waals surface area contributed by atoms with E-state index in [1.807, 2.05) is 0 Å². The van der Waals surface area contributed by atoms with Gasteiger partial charge in [0.2, 0.25) is 5.91 Å². The Labute approximate surface area is 161 Å². The second-order valence-electron chi connectivity index (χ2n) is 7.01. The summed E-state index contributed by atoms with van der Waals surface area (Å²) in [6.45, 7) is 0. The molecule has 0 radical (unpaired) electrons. The minimum absolute atomic E-state index is 0.137. The summed E-state index contributed by atoms with van der Waals surface area (Å²) in [6.07, 6.45) is 1.54. The van der Waals surface area contributed by atoms with E-state index in [0.717, 1.165) is 0 Å². The highest BCUT2D eigenvalue weighted by atomic mass is 19.1. The molecule has 4 rings (SSSR count). The smallest absolute Gasteiger partial charge is 0.310 e. The number of esters is 1. The number of amides is 1. The molecule has 0 aromatic heterocycles. The van der Waals surface area contributed by atoms with Crippen LogP contribution in [0, 0.1) is 11.7 Å². The lowest BCUT2D eigenvalue weighted by Gasteiger charge is -2.36. The number of hydrogen-bond donors (Lipinski definition) is 0. The van der Waals surface area contributed by atoms with Gasteiger partial charge in [-0.05, 0) is 41.8 Å². The highest BCUT2D eigenvalue weighted by molar-refractivity contribution is 6.28. The molecule has 0 bridgehead atoms. The number of ketones is 1. The second-order valence-corrected chi connectivity index (χ2v) is 7.01. The van der Waals surface area contributed by atoms with Gasteiger partial charge in [-0.25, -0.2) is 4.39 Å². The highest BCUT2D eigenvalue weighted by Gasteiger charge is 2.63. The van der Waals surface area contributed by atoms with E-state index in [-0.39, 0.29) is 6.42 Å². The van der Waals surface area contributed by atoms with Crippen LogP contribution in [0.1, 0.15) is 17.5 Å². The Morgan fingerprint density at radius 2 is 1.82 bits per heavy atom. The maximum absolute atomic E-state index is 13.4. The van der Waals surface area contributed by atoms with Crippen LogP contribution in [0.15, 0.2) is 54.6 Å². The van der Waals surface area contributed by atoms with Crippen molar-refractivity contribution in [1.29, 1.82) is 0 Å². The largest absolute Gasteiger partial charge is 0.469 e. The Morgan fingerprint density at radius 1 is 1.14 bits per heavy atom. The predicted molar refractivity (Wildman–Crippen MR) is 101 cm³/mol. The van der Waals surface area contributed by atoms with Gasteiger partial charge in [0.25, 0.3) is 0 Å². The fourth-order valence-electron chi connectivity index (χ4n) is 4.31. The monoisotopic (exact) mass is 379 g/mol. The zero-order valence-corrected chi connectivity index (χ0v) is 15.4. The number of ether oxygens (including phenoxy) is 1. The van der Waals surface area contributed by atoms with Crippen LogP contribution in [0.5, 0.6) is 0 Å². The number of fused-ring (bicyclic) bond motifs is 2. The van der Waals surface area contributed by atoms with E-state index in [4.69, 9.17) is 4.74 Å². The molecule has 2 aromatic rings. The Kier molecular flexibility index (Phi) is 4.14. The lowest BCUT2D eigenvalue weighted by atomic mass is 9.62. The molecule has 5 nitrogen and oxygen atoms in total. The molecule has 142 valence electrons. The van der Waals surface area contributed by atoms with Gasteiger partial charge in [0.15, 0.2) is 11.2 Å². The number of halogens is 1. The molecule has 6 heteroatoms. The predicted octanol–water partition coefficient (Wildman–Crippen LogP) is 2.89. The number of rotatable bonds is 2. The molecule has 0 fully saturated rings. The molecule has 0 N–H and O–H groups in total. The Bertz CT molecular complexity index is 1030. The summed E-state index contributed by atoms with van der Waals surface area (Å²) in [6, 6.07) is 12.7. The van der Waals surface area contributed by atoms with Gasteiger partial charge in [0.1, 0.15) is 5.82 Å². The first-order chi connectivity index (χ1) is 13.4. The summed E-state index contributed by atoms with van der Waals surface area (Å²) < 4.78 is 18.3. The number of allylic oxidation sites excluding steroid dienone is 2. The fraction of sp³-hybridized carbons (Fsp3) is 0.227. The highest BCUT2D eigenvalue weighted by Crippen LogP contribution is 2.51. The first-order valence-corrected chi connectivity index (χ1v) is 8.87. The number of hydrogen-bond acceptors (Lipinski definition) is 4. The van der Waals surface area contributed by atoms with Crippen LogP contribution in [0.3, 0.4) is 0 Å². The van der Waals surface area contributed by atoms with Crippen molar-refractivity contribution in [1.82, 2.24) is 0 Å². The summed E-state index contributed by atoms with van der Waals surface area (Å²) in [4.78, 5) is 40.9.